The van der Waals surface area contributed by atoms with Crippen molar-refractivity contribution in [3.8, 4) is 11.1 Å². The van der Waals surface area contributed by atoms with Gasteiger partial charge in [-0.05, 0) is 66.3 Å². The van der Waals surface area contributed by atoms with Gasteiger partial charge in [0.2, 0.25) is 5.91 Å². The first-order valence-electron chi connectivity index (χ1n) is 12.4. The summed E-state index contributed by atoms with van der Waals surface area (Å²) in [6.07, 6.45) is 8.01. The number of nitrogens with zero attached hydrogens (tertiary/aromatic N) is 2. The predicted octanol–water partition coefficient (Wildman–Crippen LogP) is 6.04. The first-order valence-corrected chi connectivity index (χ1v) is 12.4. The van der Waals surface area contributed by atoms with E-state index < -0.39 is 11.4 Å². The number of carbonyl (C=O) groups is 2. The van der Waals surface area contributed by atoms with Gasteiger partial charge < -0.3 is 15.3 Å². The Bertz CT molecular complexity index is 1230. The number of hydrogen-bond donors (Lipinski definition) is 2. The fourth-order valence-electron chi connectivity index (χ4n) is 4.89. The lowest BCUT2D eigenvalue weighted by Gasteiger charge is -2.36. The van der Waals surface area contributed by atoms with Gasteiger partial charge in [-0.2, -0.15) is 0 Å². The van der Waals surface area contributed by atoms with Crippen molar-refractivity contribution in [2.45, 2.75) is 38.5 Å². The Hall–Kier alpha value is -3.93. The van der Waals surface area contributed by atoms with Gasteiger partial charge in [-0.25, -0.2) is 9.78 Å². The minimum absolute atomic E-state index is 0.0163. The van der Waals surface area contributed by atoms with Crippen LogP contribution in [0.5, 0.6) is 0 Å². The monoisotopic (exact) mass is 483 g/mol. The Morgan fingerprint density at radius 1 is 0.944 bits per heavy atom. The second-order valence-corrected chi connectivity index (χ2v) is 9.73. The van der Waals surface area contributed by atoms with Gasteiger partial charge in [0.25, 0.3) is 0 Å². The van der Waals surface area contributed by atoms with Crippen molar-refractivity contribution in [2.24, 2.45) is 5.41 Å². The number of hydrogen-bond acceptors (Lipinski definition) is 4. The maximum absolute atomic E-state index is 13.6. The highest BCUT2D eigenvalue weighted by Crippen LogP contribution is 2.40. The SMILES string of the molecule is CN(C)c1ccc(-c2ccc(CC3(C(=O)Nc4cccc(/C=C/C(=O)O)n4)CCCCC3)cc2)cc1. The number of aliphatic carboxylic acids is 1. The molecule has 1 aliphatic rings. The number of carboxylic acids is 1. The molecule has 4 rings (SSSR count). The molecule has 6 nitrogen and oxygen atoms in total. The van der Waals surface area contributed by atoms with Crippen LogP contribution in [-0.4, -0.2) is 36.1 Å². The Kier molecular flexibility index (Phi) is 7.84. The van der Waals surface area contributed by atoms with Gasteiger partial charge in [0.05, 0.1) is 11.1 Å². The molecule has 2 N–H and O–H groups in total. The van der Waals surface area contributed by atoms with Crippen molar-refractivity contribution in [1.29, 1.82) is 0 Å². The molecule has 0 bridgehead atoms. The van der Waals surface area contributed by atoms with Crippen LogP contribution in [0, 0.1) is 5.41 Å². The number of rotatable bonds is 8. The van der Waals surface area contributed by atoms with Crippen molar-refractivity contribution in [3.05, 3.63) is 84.1 Å². The summed E-state index contributed by atoms with van der Waals surface area (Å²) in [4.78, 5) is 30.9. The van der Waals surface area contributed by atoms with E-state index in [1.165, 1.54) is 17.3 Å². The van der Waals surface area contributed by atoms with Crippen LogP contribution in [0.4, 0.5) is 11.5 Å². The first kappa shape index (κ1) is 25.2. The smallest absolute Gasteiger partial charge is 0.328 e. The summed E-state index contributed by atoms with van der Waals surface area (Å²) >= 11 is 0. The lowest BCUT2D eigenvalue weighted by atomic mass is 9.69. The molecule has 186 valence electrons. The zero-order valence-electron chi connectivity index (χ0n) is 20.9. The molecular weight excluding hydrogens is 450 g/mol. The highest BCUT2D eigenvalue weighted by molar-refractivity contribution is 5.95. The van der Waals surface area contributed by atoms with E-state index in [1.54, 1.807) is 18.2 Å². The standard InChI is InChI=1S/C30H33N3O3/c1-33(2)26-16-13-24(14-17-26)23-11-9-22(10-12-23)21-30(19-4-3-5-20-30)29(36)32-27-8-6-7-25(31-27)15-18-28(34)35/h6-18H,3-5,19-21H2,1-2H3,(H,34,35)(H,31,32,36)/b18-15+. The fraction of sp³-hybridized carbons (Fsp3) is 0.300. The Balaban J connectivity index is 1.50. The van der Waals surface area contributed by atoms with Crippen LogP contribution in [0.25, 0.3) is 17.2 Å². The summed E-state index contributed by atoms with van der Waals surface area (Å²) in [7, 11) is 4.06. The van der Waals surface area contributed by atoms with Gasteiger partial charge in [0.15, 0.2) is 0 Å². The van der Waals surface area contributed by atoms with Gasteiger partial charge in [0.1, 0.15) is 5.82 Å². The maximum atomic E-state index is 13.6. The highest BCUT2D eigenvalue weighted by Gasteiger charge is 2.39. The minimum Gasteiger partial charge on any atom is -0.478 e. The molecule has 0 unspecified atom stereocenters. The van der Waals surface area contributed by atoms with Crippen molar-refractivity contribution in [3.63, 3.8) is 0 Å². The molecule has 2 aromatic carbocycles. The molecule has 1 heterocycles. The summed E-state index contributed by atoms with van der Waals surface area (Å²) in [6, 6.07) is 22.2. The highest BCUT2D eigenvalue weighted by atomic mass is 16.4. The van der Waals surface area contributed by atoms with E-state index in [1.807, 2.05) is 14.1 Å². The lowest BCUT2D eigenvalue weighted by molar-refractivity contribution is -0.131. The number of nitrogens with one attached hydrogen (secondary N) is 1. The van der Waals surface area contributed by atoms with Crippen LogP contribution in [0.2, 0.25) is 0 Å². The van der Waals surface area contributed by atoms with Crippen LogP contribution < -0.4 is 10.2 Å². The van der Waals surface area contributed by atoms with Gasteiger partial charge >= 0.3 is 5.97 Å². The number of aromatic nitrogens is 1. The number of carboxylic acid groups (broad SMARTS) is 1. The zero-order valence-corrected chi connectivity index (χ0v) is 20.9. The molecule has 1 aromatic heterocycles. The summed E-state index contributed by atoms with van der Waals surface area (Å²) in [5, 5.41) is 11.9. The van der Waals surface area contributed by atoms with Gasteiger partial charge in [-0.1, -0.05) is 61.7 Å². The van der Waals surface area contributed by atoms with E-state index in [0.29, 0.717) is 17.9 Å². The molecule has 1 saturated carbocycles. The first-order chi connectivity index (χ1) is 17.3. The van der Waals surface area contributed by atoms with E-state index in [0.717, 1.165) is 49.3 Å². The molecule has 1 fully saturated rings. The molecule has 0 saturated heterocycles. The van der Waals surface area contributed by atoms with Crippen molar-refractivity contribution < 1.29 is 14.7 Å². The molecule has 0 spiro atoms. The van der Waals surface area contributed by atoms with Crippen LogP contribution in [0.3, 0.4) is 0 Å². The lowest BCUT2D eigenvalue weighted by Crippen LogP contribution is -2.40. The second kappa shape index (κ2) is 11.2. The van der Waals surface area contributed by atoms with E-state index in [2.05, 4.69) is 63.7 Å². The van der Waals surface area contributed by atoms with E-state index in [-0.39, 0.29) is 5.91 Å². The predicted molar refractivity (Wildman–Crippen MR) is 145 cm³/mol. The molecule has 1 aliphatic carbocycles. The summed E-state index contributed by atoms with van der Waals surface area (Å²) in [5.41, 5.74) is 4.64. The molecule has 0 atom stereocenters. The molecule has 0 radical (unpaired) electrons. The van der Waals surface area contributed by atoms with Crippen LogP contribution in [0.1, 0.15) is 43.4 Å². The summed E-state index contributed by atoms with van der Waals surface area (Å²) in [5.74, 6) is -0.615. The zero-order chi connectivity index (χ0) is 25.5. The number of amides is 1. The van der Waals surface area contributed by atoms with Crippen LogP contribution >= 0.6 is 0 Å². The summed E-state index contributed by atoms with van der Waals surface area (Å²) < 4.78 is 0. The van der Waals surface area contributed by atoms with E-state index in [9.17, 15) is 9.59 Å². The number of carbonyl (C=O) groups excluding carboxylic acids is 1. The molecular formula is C30H33N3O3. The van der Waals surface area contributed by atoms with Crippen molar-refractivity contribution in [2.75, 3.05) is 24.3 Å². The van der Waals surface area contributed by atoms with Crippen LogP contribution in [-0.2, 0) is 16.0 Å². The van der Waals surface area contributed by atoms with Gasteiger partial charge in [0, 0.05) is 25.9 Å². The third kappa shape index (κ3) is 6.19. The Morgan fingerprint density at radius 2 is 1.58 bits per heavy atom. The third-order valence-electron chi connectivity index (χ3n) is 6.91. The second-order valence-electron chi connectivity index (χ2n) is 9.73. The number of anilines is 2. The van der Waals surface area contributed by atoms with E-state index in [4.69, 9.17) is 5.11 Å². The molecule has 3 aromatic rings. The van der Waals surface area contributed by atoms with Crippen molar-refractivity contribution >= 4 is 29.5 Å². The normalized spacial score (nSPS) is 14.9. The molecule has 0 aliphatic heterocycles. The number of pyridine rings is 1. The van der Waals surface area contributed by atoms with Gasteiger partial charge in [-0.3, -0.25) is 4.79 Å². The fourth-order valence-corrected chi connectivity index (χ4v) is 4.89. The Morgan fingerprint density at radius 3 is 2.19 bits per heavy atom. The van der Waals surface area contributed by atoms with E-state index >= 15 is 0 Å². The van der Waals surface area contributed by atoms with Crippen molar-refractivity contribution in [1.82, 2.24) is 4.98 Å². The largest absolute Gasteiger partial charge is 0.478 e. The minimum atomic E-state index is -1.04. The summed E-state index contributed by atoms with van der Waals surface area (Å²) in [6.45, 7) is 0. The maximum Gasteiger partial charge on any atom is 0.328 e. The Labute approximate surface area is 212 Å². The average Bonchev–Trinajstić information content (AvgIpc) is 2.89. The van der Waals surface area contributed by atoms with Gasteiger partial charge in [-0.15, -0.1) is 0 Å². The molecule has 1 amide bonds. The number of benzene rings is 2. The molecule has 36 heavy (non-hydrogen) atoms. The van der Waals surface area contributed by atoms with Crippen LogP contribution in [0.15, 0.2) is 72.8 Å². The average molecular weight is 484 g/mol. The quantitative estimate of drug-likeness (QED) is 0.382. The molecule has 6 heteroatoms. The third-order valence-corrected chi connectivity index (χ3v) is 6.91. The topological polar surface area (TPSA) is 82.5 Å².